The highest BCUT2D eigenvalue weighted by molar-refractivity contribution is 7.13. The third-order valence-electron chi connectivity index (χ3n) is 3.41. The van der Waals surface area contributed by atoms with Gasteiger partial charge in [-0.1, -0.05) is 18.2 Å². The molecule has 8 heteroatoms. The number of amides is 1. The van der Waals surface area contributed by atoms with Gasteiger partial charge in [0, 0.05) is 17.3 Å². The van der Waals surface area contributed by atoms with E-state index in [9.17, 15) is 4.79 Å². The average molecular weight is 382 g/mol. The molecular weight excluding hydrogens is 364 g/mol. The molecular formula is C19H18N4O3S. The summed E-state index contributed by atoms with van der Waals surface area (Å²) in [6, 6.07) is 14.5. The highest BCUT2D eigenvalue weighted by atomic mass is 32.1. The van der Waals surface area contributed by atoms with Crippen LogP contribution >= 0.6 is 11.3 Å². The van der Waals surface area contributed by atoms with E-state index in [1.807, 2.05) is 41.8 Å². The van der Waals surface area contributed by atoms with Crippen LogP contribution in [-0.2, 0) is 4.79 Å². The maximum atomic E-state index is 12.0. The molecule has 2 aromatic carbocycles. The molecule has 0 spiro atoms. The van der Waals surface area contributed by atoms with Crippen LogP contribution in [0.15, 0.2) is 65.2 Å². The maximum absolute atomic E-state index is 12.0. The van der Waals surface area contributed by atoms with Crippen LogP contribution in [0, 0.1) is 0 Å². The molecule has 0 fully saturated rings. The second-order valence-corrected chi connectivity index (χ2v) is 6.21. The predicted octanol–water partition coefficient (Wildman–Crippen LogP) is 3.62. The normalized spacial score (nSPS) is 10.6. The summed E-state index contributed by atoms with van der Waals surface area (Å²) in [5, 5.41) is 9.46. The Hall–Kier alpha value is -3.39. The van der Waals surface area contributed by atoms with Crippen molar-refractivity contribution in [1.82, 2.24) is 4.98 Å². The number of rotatable bonds is 8. The van der Waals surface area contributed by atoms with Crippen molar-refractivity contribution >= 4 is 34.3 Å². The zero-order valence-electron chi connectivity index (χ0n) is 14.6. The average Bonchev–Trinajstić information content (AvgIpc) is 3.21. The van der Waals surface area contributed by atoms with E-state index in [-0.39, 0.29) is 12.5 Å². The third kappa shape index (κ3) is 5.55. The molecule has 0 bridgehead atoms. The third-order valence-corrected chi connectivity index (χ3v) is 4.09. The topological polar surface area (TPSA) is 84.8 Å². The molecule has 3 rings (SSSR count). The fourth-order valence-electron chi connectivity index (χ4n) is 2.19. The zero-order valence-corrected chi connectivity index (χ0v) is 15.4. The molecule has 0 unspecified atom stereocenters. The second kappa shape index (κ2) is 9.35. The molecule has 7 nitrogen and oxygen atoms in total. The van der Waals surface area contributed by atoms with E-state index >= 15 is 0 Å². The Morgan fingerprint density at radius 3 is 2.81 bits per heavy atom. The van der Waals surface area contributed by atoms with Crippen molar-refractivity contribution in [2.45, 2.75) is 0 Å². The highest BCUT2D eigenvalue weighted by Crippen LogP contribution is 2.27. The molecule has 0 radical (unpaired) electrons. The molecule has 3 aromatic rings. The fourth-order valence-corrected chi connectivity index (χ4v) is 2.66. The van der Waals surface area contributed by atoms with Crippen LogP contribution in [0.5, 0.6) is 11.5 Å². The minimum absolute atomic E-state index is 0.121. The molecule has 0 aliphatic carbocycles. The van der Waals surface area contributed by atoms with Crippen molar-refractivity contribution in [2.75, 3.05) is 24.5 Å². The summed E-state index contributed by atoms with van der Waals surface area (Å²) in [5.41, 5.74) is 4.38. The van der Waals surface area contributed by atoms with Gasteiger partial charge in [-0.15, -0.1) is 11.3 Å². The summed E-state index contributed by atoms with van der Waals surface area (Å²) in [7, 11) is 1.54. The lowest BCUT2D eigenvalue weighted by Crippen LogP contribution is -2.20. The number of hydrogen-bond acceptors (Lipinski definition) is 7. The molecule has 1 amide bonds. The van der Waals surface area contributed by atoms with Crippen LogP contribution in [0.25, 0.3) is 0 Å². The number of nitrogens with zero attached hydrogens (tertiary/aromatic N) is 2. The first-order valence-electron chi connectivity index (χ1n) is 8.09. The van der Waals surface area contributed by atoms with E-state index in [0.717, 1.165) is 11.3 Å². The van der Waals surface area contributed by atoms with E-state index in [0.29, 0.717) is 16.6 Å². The van der Waals surface area contributed by atoms with Crippen LogP contribution in [0.4, 0.5) is 10.8 Å². The molecule has 27 heavy (non-hydrogen) atoms. The number of ether oxygens (including phenoxy) is 2. The first-order chi connectivity index (χ1) is 13.2. The Morgan fingerprint density at radius 1 is 1.22 bits per heavy atom. The Labute approximate surface area is 160 Å². The van der Waals surface area contributed by atoms with Gasteiger partial charge in [0.05, 0.1) is 13.3 Å². The van der Waals surface area contributed by atoms with Crippen molar-refractivity contribution < 1.29 is 14.3 Å². The number of hydrogen-bond donors (Lipinski definition) is 2. The monoisotopic (exact) mass is 382 g/mol. The molecule has 0 aliphatic heterocycles. The van der Waals surface area contributed by atoms with Crippen molar-refractivity contribution in [1.29, 1.82) is 0 Å². The van der Waals surface area contributed by atoms with Gasteiger partial charge in [-0.05, 0) is 35.9 Å². The van der Waals surface area contributed by atoms with Gasteiger partial charge < -0.3 is 14.8 Å². The molecule has 1 aromatic heterocycles. The zero-order chi connectivity index (χ0) is 18.9. The van der Waals surface area contributed by atoms with E-state index in [4.69, 9.17) is 9.47 Å². The lowest BCUT2D eigenvalue weighted by molar-refractivity contribution is -0.118. The number of anilines is 2. The molecule has 0 aliphatic rings. The van der Waals surface area contributed by atoms with Gasteiger partial charge in [0.2, 0.25) is 5.13 Å². The van der Waals surface area contributed by atoms with Crippen LogP contribution in [0.2, 0.25) is 0 Å². The largest absolute Gasteiger partial charge is 0.493 e. The molecule has 0 saturated heterocycles. The van der Waals surface area contributed by atoms with E-state index in [1.165, 1.54) is 11.3 Å². The Kier molecular flexibility index (Phi) is 6.37. The van der Waals surface area contributed by atoms with Gasteiger partial charge in [0.25, 0.3) is 5.91 Å². The number of benzene rings is 2. The van der Waals surface area contributed by atoms with Gasteiger partial charge in [0.15, 0.2) is 18.1 Å². The van der Waals surface area contributed by atoms with Crippen LogP contribution in [-0.4, -0.2) is 30.8 Å². The van der Waals surface area contributed by atoms with Crippen molar-refractivity contribution in [2.24, 2.45) is 5.10 Å². The number of carbonyl (C=O) groups excluding carboxylic acids is 1. The van der Waals surface area contributed by atoms with Gasteiger partial charge >= 0.3 is 0 Å². The number of hydrazone groups is 1. The standard InChI is InChI=1S/C19H18N4O3S/c1-25-17-11-14(12-21-23-19-20-9-10-27-19)7-8-16(17)26-13-18(24)22-15-5-3-2-4-6-15/h2-12H,13H2,1H3,(H,20,23)(H,22,24)/b21-12+. The fraction of sp³-hybridized carbons (Fsp3) is 0.105. The van der Waals surface area contributed by atoms with Gasteiger partial charge in [0.1, 0.15) is 0 Å². The van der Waals surface area contributed by atoms with Crippen LogP contribution in [0.3, 0.4) is 0 Å². The Balaban J connectivity index is 1.57. The lowest BCUT2D eigenvalue weighted by Gasteiger charge is -2.11. The number of aromatic nitrogens is 1. The SMILES string of the molecule is COc1cc(/C=N/Nc2nccs2)ccc1OCC(=O)Nc1ccccc1. The number of para-hydroxylation sites is 1. The number of nitrogens with one attached hydrogen (secondary N) is 2. The molecule has 0 atom stereocenters. The first-order valence-corrected chi connectivity index (χ1v) is 8.97. The van der Waals surface area contributed by atoms with Crippen LogP contribution < -0.4 is 20.2 Å². The first kappa shape index (κ1) is 18.4. The molecule has 2 N–H and O–H groups in total. The quantitative estimate of drug-likeness (QED) is 0.459. The minimum atomic E-state index is -0.249. The summed E-state index contributed by atoms with van der Waals surface area (Å²) in [6.07, 6.45) is 3.35. The van der Waals surface area contributed by atoms with Gasteiger partial charge in [-0.2, -0.15) is 5.10 Å². The maximum Gasteiger partial charge on any atom is 0.262 e. The van der Waals surface area contributed by atoms with Gasteiger partial charge in [-0.25, -0.2) is 4.98 Å². The molecule has 1 heterocycles. The molecule has 0 saturated carbocycles. The van der Waals surface area contributed by atoms with E-state index < -0.39 is 0 Å². The van der Waals surface area contributed by atoms with Crippen molar-refractivity contribution in [3.05, 3.63) is 65.7 Å². The summed E-state index contributed by atoms with van der Waals surface area (Å²) in [5.74, 6) is 0.744. The lowest BCUT2D eigenvalue weighted by atomic mass is 10.2. The number of carbonyl (C=O) groups is 1. The van der Waals surface area contributed by atoms with Crippen molar-refractivity contribution in [3.63, 3.8) is 0 Å². The molecule has 138 valence electrons. The van der Waals surface area contributed by atoms with E-state index in [1.54, 1.807) is 31.7 Å². The second-order valence-electron chi connectivity index (χ2n) is 5.32. The summed E-state index contributed by atoms with van der Waals surface area (Å²) in [6.45, 7) is -0.121. The van der Waals surface area contributed by atoms with E-state index in [2.05, 4.69) is 20.8 Å². The number of thiazole rings is 1. The Morgan fingerprint density at radius 2 is 2.07 bits per heavy atom. The predicted molar refractivity (Wildman–Crippen MR) is 107 cm³/mol. The summed E-state index contributed by atoms with van der Waals surface area (Å²) < 4.78 is 10.9. The minimum Gasteiger partial charge on any atom is -0.493 e. The summed E-state index contributed by atoms with van der Waals surface area (Å²) in [4.78, 5) is 16.1. The van der Waals surface area contributed by atoms with Crippen LogP contribution in [0.1, 0.15) is 5.56 Å². The number of methoxy groups -OCH3 is 1. The summed E-state index contributed by atoms with van der Waals surface area (Å²) >= 11 is 1.46. The van der Waals surface area contributed by atoms with Crippen molar-refractivity contribution in [3.8, 4) is 11.5 Å². The van der Waals surface area contributed by atoms with Gasteiger partial charge in [-0.3, -0.25) is 10.2 Å². The Bertz CT molecular complexity index is 899. The smallest absolute Gasteiger partial charge is 0.262 e. The highest BCUT2D eigenvalue weighted by Gasteiger charge is 2.08.